The van der Waals surface area contributed by atoms with Gasteiger partial charge in [-0.05, 0) is 54.5 Å². The number of rotatable bonds is 6. The van der Waals surface area contributed by atoms with Gasteiger partial charge in [-0.2, -0.15) is 0 Å². The van der Waals surface area contributed by atoms with Crippen molar-refractivity contribution < 1.29 is 9.84 Å². The molecule has 0 aliphatic heterocycles. The Balaban J connectivity index is 1.63. The lowest BCUT2D eigenvalue weighted by Crippen LogP contribution is -2.29. The molecule has 2 heterocycles. The number of benzene rings is 3. The molecule has 0 radical (unpaired) electrons. The number of nitrogens with zero attached hydrogens (tertiary/aromatic N) is 3. The van der Waals surface area contributed by atoms with Crippen LogP contribution in [-0.4, -0.2) is 32.4 Å². The van der Waals surface area contributed by atoms with Gasteiger partial charge in [0.05, 0.1) is 30.6 Å². The third-order valence-electron chi connectivity index (χ3n) is 7.70. The fraction of sp³-hybridized carbons (Fsp3) is 0.250. The summed E-state index contributed by atoms with van der Waals surface area (Å²) >= 11 is 0. The molecule has 1 aliphatic rings. The maximum atomic E-state index is 10.1. The number of hydrogen-bond donors (Lipinski definition) is 2. The molecule has 0 bridgehead atoms. The van der Waals surface area contributed by atoms with Gasteiger partial charge in [0.2, 0.25) is 0 Å². The minimum absolute atomic E-state index is 0.163. The molecule has 0 unspecified atom stereocenters. The van der Waals surface area contributed by atoms with Crippen LogP contribution in [0.5, 0.6) is 5.75 Å². The third-order valence-corrected chi connectivity index (χ3v) is 7.70. The number of hydrogen-bond acceptors (Lipinski definition) is 4. The van der Waals surface area contributed by atoms with E-state index in [4.69, 9.17) is 9.72 Å². The van der Waals surface area contributed by atoms with Gasteiger partial charge in [0.25, 0.3) is 0 Å². The Bertz CT molecular complexity index is 1600. The van der Waals surface area contributed by atoms with E-state index < -0.39 is 0 Å². The van der Waals surface area contributed by atoms with E-state index in [0.29, 0.717) is 12.0 Å². The fourth-order valence-corrected chi connectivity index (χ4v) is 5.73. The molecule has 1 saturated carbocycles. The molecule has 192 valence electrons. The van der Waals surface area contributed by atoms with Crippen LogP contribution in [0.4, 0.5) is 0 Å². The van der Waals surface area contributed by atoms with Gasteiger partial charge in [0.1, 0.15) is 16.9 Å². The minimum Gasteiger partial charge on any atom is -0.497 e. The van der Waals surface area contributed by atoms with Gasteiger partial charge in [0, 0.05) is 18.2 Å². The summed E-state index contributed by atoms with van der Waals surface area (Å²) in [4.78, 5) is 5.02. The second kappa shape index (κ2) is 10.3. The molecule has 5 aromatic rings. The first-order chi connectivity index (χ1) is 18.6. The number of ether oxygens (including phenoxy) is 1. The number of aromatic nitrogens is 3. The number of fused-ring (bicyclic) bond motifs is 1. The topological polar surface area (TPSA) is 76.1 Å². The molecule has 6 heteroatoms. The van der Waals surface area contributed by atoms with Gasteiger partial charge in [-0.15, -0.1) is 0 Å². The van der Waals surface area contributed by atoms with E-state index in [1.54, 1.807) is 7.11 Å². The van der Waals surface area contributed by atoms with E-state index in [2.05, 4.69) is 53.1 Å². The van der Waals surface area contributed by atoms with Crippen LogP contribution in [0.3, 0.4) is 0 Å². The van der Waals surface area contributed by atoms with Crippen LogP contribution < -0.4 is 10.2 Å². The maximum Gasteiger partial charge on any atom is 0.146 e. The number of aliphatic hydroxyl groups excluding tert-OH is 1. The van der Waals surface area contributed by atoms with Gasteiger partial charge in [-0.3, -0.25) is 5.41 Å². The zero-order chi connectivity index (χ0) is 26.1. The molecule has 0 saturated heterocycles. The molecule has 2 aromatic heterocycles. The van der Waals surface area contributed by atoms with Gasteiger partial charge in [-0.1, -0.05) is 72.8 Å². The maximum absolute atomic E-state index is 10.1. The first kappa shape index (κ1) is 24.2. The summed E-state index contributed by atoms with van der Waals surface area (Å²) in [5, 5.41) is 20.4. The Morgan fingerprint density at radius 1 is 0.868 bits per heavy atom. The van der Waals surface area contributed by atoms with E-state index in [1.165, 1.54) is 0 Å². The molecular formula is C32H32N4O2. The highest BCUT2D eigenvalue weighted by Crippen LogP contribution is 2.40. The van der Waals surface area contributed by atoms with Crippen LogP contribution in [0.1, 0.15) is 37.3 Å². The SMILES string of the molecule is COc1ccc(Cn2c(-c3ccccc3)c(-c3ccccc3)c3c(=N)n([C@H]4CC[C@H](O)CC4)cnc32)cc1. The molecule has 2 N–H and O–H groups in total. The highest BCUT2D eigenvalue weighted by molar-refractivity contribution is 6.02. The standard InChI is InChI=1S/C32H32N4O2/c1-38-27-18-12-22(13-19-27)20-35-30(24-10-6-3-7-11-24)28(23-8-4-2-5-9-23)29-31(33)36(21-34-32(29)35)25-14-16-26(37)17-15-25/h2-13,18-19,21,25-26,33,37H,14-17,20H2,1H3/t25-,26-. The van der Waals surface area contributed by atoms with Crippen molar-refractivity contribution in [1.82, 2.24) is 14.1 Å². The number of aliphatic hydroxyl groups is 1. The van der Waals surface area contributed by atoms with Crippen molar-refractivity contribution in [2.24, 2.45) is 0 Å². The highest BCUT2D eigenvalue weighted by atomic mass is 16.5. The molecule has 0 spiro atoms. The molecule has 6 nitrogen and oxygen atoms in total. The summed E-state index contributed by atoms with van der Waals surface area (Å²) < 4.78 is 9.65. The predicted octanol–water partition coefficient (Wildman–Crippen LogP) is 6.18. The van der Waals surface area contributed by atoms with Gasteiger partial charge >= 0.3 is 0 Å². The van der Waals surface area contributed by atoms with E-state index in [-0.39, 0.29) is 12.1 Å². The molecular weight excluding hydrogens is 472 g/mol. The van der Waals surface area contributed by atoms with Crippen molar-refractivity contribution in [2.75, 3.05) is 7.11 Å². The molecule has 6 rings (SSSR count). The fourth-order valence-electron chi connectivity index (χ4n) is 5.73. The molecule has 38 heavy (non-hydrogen) atoms. The zero-order valence-electron chi connectivity index (χ0n) is 21.5. The molecule has 1 aliphatic carbocycles. The molecule has 3 aromatic carbocycles. The van der Waals surface area contributed by atoms with E-state index in [0.717, 1.165) is 70.4 Å². The number of nitrogens with one attached hydrogen (secondary N) is 1. The molecule has 0 atom stereocenters. The average Bonchev–Trinajstić information content (AvgIpc) is 3.30. The average molecular weight is 505 g/mol. The van der Waals surface area contributed by atoms with Crippen molar-refractivity contribution >= 4 is 11.0 Å². The summed E-state index contributed by atoms with van der Waals surface area (Å²) in [6.07, 6.45) is 4.81. The third kappa shape index (κ3) is 4.41. The Kier molecular flexibility index (Phi) is 6.56. The van der Waals surface area contributed by atoms with Gasteiger partial charge < -0.3 is 19.0 Å². The molecule has 1 fully saturated rings. The largest absolute Gasteiger partial charge is 0.497 e. The number of methoxy groups -OCH3 is 1. The summed E-state index contributed by atoms with van der Waals surface area (Å²) in [7, 11) is 1.68. The van der Waals surface area contributed by atoms with E-state index >= 15 is 0 Å². The highest BCUT2D eigenvalue weighted by Gasteiger charge is 2.26. The lowest BCUT2D eigenvalue weighted by Gasteiger charge is -2.27. The first-order valence-corrected chi connectivity index (χ1v) is 13.2. The summed E-state index contributed by atoms with van der Waals surface area (Å²) in [5.41, 5.74) is 6.65. The smallest absolute Gasteiger partial charge is 0.146 e. The summed E-state index contributed by atoms with van der Waals surface area (Å²) in [6, 6.07) is 29.1. The van der Waals surface area contributed by atoms with Gasteiger partial charge in [0.15, 0.2) is 0 Å². The van der Waals surface area contributed by atoms with Crippen LogP contribution in [0.15, 0.2) is 91.3 Å². The lowest BCUT2D eigenvalue weighted by molar-refractivity contribution is 0.109. The van der Waals surface area contributed by atoms with E-state index in [1.807, 2.05) is 47.3 Å². The van der Waals surface area contributed by atoms with Crippen LogP contribution >= 0.6 is 0 Å². The van der Waals surface area contributed by atoms with Crippen LogP contribution in [0, 0.1) is 5.41 Å². The van der Waals surface area contributed by atoms with E-state index in [9.17, 15) is 10.5 Å². The quantitative estimate of drug-likeness (QED) is 0.290. The lowest BCUT2D eigenvalue weighted by atomic mass is 9.93. The summed E-state index contributed by atoms with van der Waals surface area (Å²) in [5.74, 6) is 0.824. The Labute approximate surface area is 222 Å². The Morgan fingerprint density at radius 3 is 2.13 bits per heavy atom. The normalized spacial score (nSPS) is 17.5. The zero-order valence-corrected chi connectivity index (χ0v) is 21.5. The second-order valence-corrected chi connectivity index (χ2v) is 10.1. The Morgan fingerprint density at radius 2 is 1.50 bits per heavy atom. The van der Waals surface area contributed by atoms with Crippen molar-refractivity contribution in [3.05, 3.63) is 102 Å². The van der Waals surface area contributed by atoms with Crippen molar-refractivity contribution in [2.45, 2.75) is 44.4 Å². The van der Waals surface area contributed by atoms with Crippen LogP contribution in [-0.2, 0) is 6.54 Å². The molecule has 0 amide bonds. The van der Waals surface area contributed by atoms with Crippen LogP contribution in [0.25, 0.3) is 33.4 Å². The second-order valence-electron chi connectivity index (χ2n) is 10.1. The minimum atomic E-state index is -0.243. The predicted molar refractivity (Wildman–Crippen MR) is 150 cm³/mol. The monoisotopic (exact) mass is 504 g/mol. The van der Waals surface area contributed by atoms with Crippen LogP contribution in [0.2, 0.25) is 0 Å². The first-order valence-electron chi connectivity index (χ1n) is 13.2. The summed E-state index contributed by atoms with van der Waals surface area (Å²) in [6.45, 7) is 0.615. The van der Waals surface area contributed by atoms with Crippen molar-refractivity contribution in [3.8, 4) is 28.1 Å². The van der Waals surface area contributed by atoms with Crippen molar-refractivity contribution in [3.63, 3.8) is 0 Å². The van der Waals surface area contributed by atoms with Gasteiger partial charge in [-0.25, -0.2) is 4.98 Å². The Hall–Kier alpha value is -4.16. The van der Waals surface area contributed by atoms with Crippen molar-refractivity contribution in [1.29, 1.82) is 5.41 Å².